The van der Waals surface area contributed by atoms with Crippen LogP contribution in [0, 0.1) is 0 Å². The third-order valence-corrected chi connectivity index (χ3v) is 2.57. The molecule has 0 bridgehead atoms. The Balaban J connectivity index is 2.55. The molecule has 0 spiro atoms. The third kappa shape index (κ3) is 1.42. The van der Waals surface area contributed by atoms with Gasteiger partial charge in [-0.05, 0) is 33.6 Å². The Kier molecular flexibility index (Phi) is 2.00. The van der Waals surface area contributed by atoms with Crippen LogP contribution in [-0.2, 0) is 6.42 Å². The maximum atomic E-state index is 10.7. The molecule has 0 amide bonds. The highest BCUT2D eigenvalue weighted by Crippen LogP contribution is 2.34. The number of rotatable bonds is 1. The monoisotopic (exact) mass is 242 g/mol. The second-order valence-corrected chi connectivity index (χ2v) is 3.70. The van der Waals surface area contributed by atoms with E-state index in [0.717, 1.165) is 22.2 Å². The number of hydrogen-bond acceptors (Lipinski definition) is 2. The largest absolute Gasteiger partial charge is 0.492 e. The van der Waals surface area contributed by atoms with Crippen molar-refractivity contribution in [1.82, 2.24) is 0 Å². The minimum atomic E-state index is -0.907. The topological polar surface area (TPSA) is 46.5 Å². The summed E-state index contributed by atoms with van der Waals surface area (Å²) in [5.41, 5.74) is 1.27. The van der Waals surface area contributed by atoms with Crippen LogP contribution in [0.4, 0.5) is 0 Å². The quantitative estimate of drug-likeness (QED) is 0.821. The van der Waals surface area contributed by atoms with Crippen LogP contribution in [0.5, 0.6) is 5.75 Å². The van der Waals surface area contributed by atoms with Crippen molar-refractivity contribution in [3.8, 4) is 5.75 Å². The summed E-state index contributed by atoms with van der Waals surface area (Å²) in [5, 5.41) is 8.78. The molecule has 1 aliphatic heterocycles. The van der Waals surface area contributed by atoms with E-state index in [0.29, 0.717) is 12.2 Å². The summed E-state index contributed by atoms with van der Waals surface area (Å²) in [6.45, 7) is 0.636. The zero-order valence-corrected chi connectivity index (χ0v) is 8.30. The first-order valence-electron chi connectivity index (χ1n) is 3.87. The van der Waals surface area contributed by atoms with Gasteiger partial charge in [0.15, 0.2) is 0 Å². The molecule has 4 heteroatoms. The Labute approximate surface area is 83.5 Å². The van der Waals surface area contributed by atoms with Gasteiger partial charge in [-0.3, -0.25) is 0 Å². The number of carbonyl (C=O) groups is 1. The average molecular weight is 243 g/mol. The van der Waals surface area contributed by atoms with Gasteiger partial charge in [0.25, 0.3) is 0 Å². The van der Waals surface area contributed by atoms with E-state index >= 15 is 0 Å². The van der Waals surface area contributed by atoms with Crippen LogP contribution in [-0.4, -0.2) is 17.7 Å². The van der Waals surface area contributed by atoms with Gasteiger partial charge in [0.2, 0.25) is 0 Å². The lowest BCUT2D eigenvalue weighted by atomic mass is 10.1. The lowest BCUT2D eigenvalue weighted by Crippen LogP contribution is -1.97. The van der Waals surface area contributed by atoms with Crippen molar-refractivity contribution in [3.63, 3.8) is 0 Å². The molecule has 1 aromatic carbocycles. The van der Waals surface area contributed by atoms with Crippen LogP contribution in [0.2, 0.25) is 0 Å². The van der Waals surface area contributed by atoms with Crippen molar-refractivity contribution in [3.05, 3.63) is 27.7 Å². The standard InChI is InChI=1S/C9H7BrO3/c10-7-4-6(9(11)12)3-5-1-2-13-8(5)7/h3-4H,1-2H2,(H,11,12). The van der Waals surface area contributed by atoms with E-state index in [2.05, 4.69) is 15.9 Å². The maximum absolute atomic E-state index is 10.7. The van der Waals surface area contributed by atoms with Crippen LogP contribution in [0.15, 0.2) is 16.6 Å². The zero-order chi connectivity index (χ0) is 9.42. The molecule has 0 aromatic heterocycles. The Morgan fingerprint density at radius 2 is 2.31 bits per heavy atom. The smallest absolute Gasteiger partial charge is 0.335 e. The molecule has 0 unspecified atom stereocenters. The minimum Gasteiger partial charge on any atom is -0.492 e. The molecule has 0 saturated heterocycles. The van der Waals surface area contributed by atoms with E-state index in [1.54, 1.807) is 12.1 Å². The lowest BCUT2D eigenvalue weighted by molar-refractivity contribution is 0.0696. The molecule has 1 heterocycles. The minimum absolute atomic E-state index is 0.302. The molecular weight excluding hydrogens is 236 g/mol. The second kappa shape index (κ2) is 3.03. The Bertz CT molecular complexity index is 373. The van der Waals surface area contributed by atoms with Gasteiger partial charge < -0.3 is 9.84 Å². The van der Waals surface area contributed by atoms with Crippen LogP contribution < -0.4 is 4.74 Å². The Morgan fingerprint density at radius 3 is 3.00 bits per heavy atom. The van der Waals surface area contributed by atoms with Crippen molar-refractivity contribution in [2.45, 2.75) is 6.42 Å². The van der Waals surface area contributed by atoms with Gasteiger partial charge in [0.05, 0.1) is 16.6 Å². The Hall–Kier alpha value is -1.03. The van der Waals surface area contributed by atoms with Crippen molar-refractivity contribution in [2.24, 2.45) is 0 Å². The molecule has 2 rings (SSSR count). The summed E-state index contributed by atoms with van der Waals surface area (Å²) in [6.07, 6.45) is 0.787. The molecule has 1 aliphatic rings. The summed E-state index contributed by atoms with van der Waals surface area (Å²) < 4.78 is 6.05. The fourth-order valence-corrected chi connectivity index (χ4v) is 2.00. The highest BCUT2D eigenvalue weighted by Gasteiger charge is 2.18. The normalized spacial score (nSPS) is 13.6. The number of carboxylic acid groups (broad SMARTS) is 1. The number of fused-ring (bicyclic) bond motifs is 1. The zero-order valence-electron chi connectivity index (χ0n) is 6.71. The summed E-state index contributed by atoms with van der Waals surface area (Å²) >= 11 is 3.28. The highest BCUT2D eigenvalue weighted by molar-refractivity contribution is 9.10. The van der Waals surface area contributed by atoms with Gasteiger partial charge >= 0.3 is 5.97 Å². The van der Waals surface area contributed by atoms with Crippen LogP contribution in [0.25, 0.3) is 0 Å². The third-order valence-electron chi connectivity index (χ3n) is 1.99. The summed E-state index contributed by atoms with van der Waals surface area (Å²) in [4.78, 5) is 10.7. The average Bonchev–Trinajstić information content (AvgIpc) is 2.51. The van der Waals surface area contributed by atoms with E-state index in [1.165, 1.54) is 0 Å². The molecule has 0 saturated carbocycles. The molecule has 0 fully saturated rings. The molecule has 0 atom stereocenters. The van der Waals surface area contributed by atoms with E-state index in [9.17, 15) is 4.79 Å². The van der Waals surface area contributed by atoms with Crippen LogP contribution in [0.1, 0.15) is 15.9 Å². The lowest BCUT2D eigenvalue weighted by Gasteiger charge is -2.03. The molecule has 3 nitrogen and oxygen atoms in total. The SMILES string of the molecule is O=C(O)c1cc(Br)c2c(c1)CCO2. The summed E-state index contributed by atoms with van der Waals surface area (Å²) in [6, 6.07) is 3.22. The number of aromatic carboxylic acids is 1. The molecule has 0 aliphatic carbocycles. The summed E-state index contributed by atoms with van der Waals surface area (Å²) in [5.74, 6) is -0.125. The van der Waals surface area contributed by atoms with Crippen LogP contribution >= 0.6 is 15.9 Å². The molecule has 68 valence electrons. The fourth-order valence-electron chi connectivity index (χ4n) is 1.38. The molecule has 1 aromatic rings. The van der Waals surface area contributed by atoms with Crippen molar-refractivity contribution in [1.29, 1.82) is 0 Å². The first-order valence-corrected chi connectivity index (χ1v) is 4.66. The van der Waals surface area contributed by atoms with E-state index < -0.39 is 5.97 Å². The first kappa shape index (κ1) is 8.56. The van der Waals surface area contributed by atoms with E-state index in [1.807, 2.05) is 0 Å². The number of halogens is 1. The number of hydrogen-bond donors (Lipinski definition) is 1. The van der Waals surface area contributed by atoms with Crippen molar-refractivity contribution in [2.75, 3.05) is 6.61 Å². The molecule has 13 heavy (non-hydrogen) atoms. The fraction of sp³-hybridized carbons (Fsp3) is 0.222. The van der Waals surface area contributed by atoms with Gasteiger partial charge in [0.1, 0.15) is 5.75 Å². The molecule has 0 radical (unpaired) electrons. The predicted octanol–water partition coefficient (Wildman–Crippen LogP) is 2.08. The van der Waals surface area contributed by atoms with Gasteiger partial charge in [-0.25, -0.2) is 4.79 Å². The predicted molar refractivity (Wildman–Crippen MR) is 50.3 cm³/mol. The molecular formula is C9H7BrO3. The highest BCUT2D eigenvalue weighted by atomic mass is 79.9. The van der Waals surface area contributed by atoms with Gasteiger partial charge in [-0.1, -0.05) is 0 Å². The number of carboxylic acids is 1. The van der Waals surface area contributed by atoms with Crippen LogP contribution in [0.3, 0.4) is 0 Å². The maximum Gasteiger partial charge on any atom is 0.335 e. The second-order valence-electron chi connectivity index (χ2n) is 2.85. The van der Waals surface area contributed by atoms with Gasteiger partial charge in [0, 0.05) is 6.42 Å². The summed E-state index contributed by atoms with van der Waals surface area (Å²) in [7, 11) is 0. The van der Waals surface area contributed by atoms with Gasteiger partial charge in [-0.15, -0.1) is 0 Å². The first-order chi connectivity index (χ1) is 6.18. The number of ether oxygens (including phenoxy) is 1. The van der Waals surface area contributed by atoms with Crippen molar-refractivity contribution >= 4 is 21.9 Å². The van der Waals surface area contributed by atoms with Crippen molar-refractivity contribution < 1.29 is 14.6 Å². The Morgan fingerprint density at radius 1 is 1.54 bits per heavy atom. The molecule has 1 N–H and O–H groups in total. The van der Waals surface area contributed by atoms with E-state index in [4.69, 9.17) is 9.84 Å². The van der Waals surface area contributed by atoms with E-state index in [-0.39, 0.29) is 0 Å². The van der Waals surface area contributed by atoms with Gasteiger partial charge in [-0.2, -0.15) is 0 Å². The number of benzene rings is 1.